The first-order valence-corrected chi connectivity index (χ1v) is 8.78. The summed E-state index contributed by atoms with van der Waals surface area (Å²) in [6, 6.07) is 13.0. The third-order valence-corrected chi connectivity index (χ3v) is 4.56. The zero-order valence-electron chi connectivity index (χ0n) is 15.4. The third-order valence-electron chi connectivity index (χ3n) is 4.56. The van der Waals surface area contributed by atoms with E-state index < -0.39 is 6.04 Å². The molecule has 0 spiro atoms. The number of carbonyl (C=O) groups is 2. The molecule has 1 heterocycles. The molecule has 3 rings (SSSR count). The maximum Gasteiger partial charge on any atom is 0.249 e. The Morgan fingerprint density at radius 1 is 1.19 bits per heavy atom. The van der Waals surface area contributed by atoms with Gasteiger partial charge in [0.1, 0.15) is 11.8 Å². The van der Waals surface area contributed by atoms with Gasteiger partial charge in [-0.25, -0.2) is 0 Å². The number of aryl methyl sites for hydroxylation is 2. The molecule has 2 aromatic rings. The molecule has 26 heavy (non-hydrogen) atoms. The van der Waals surface area contributed by atoms with Gasteiger partial charge < -0.3 is 15.0 Å². The van der Waals surface area contributed by atoms with E-state index in [-0.39, 0.29) is 18.2 Å². The maximum absolute atomic E-state index is 12.7. The molecule has 1 saturated heterocycles. The minimum Gasteiger partial charge on any atom is -0.497 e. The first-order valence-electron chi connectivity index (χ1n) is 8.78. The molecule has 5 nitrogen and oxygen atoms in total. The van der Waals surface area contributed by atoms with Gasteiger partial charge in [-0.3, -0.25) is 9.59 Å². The molecule has 1 fully saturated rings. The molecule has 1 N–H and O–H groups in total. The van der Waals surface area contributed by atoms with Crippen LogP contribution in [0.5, 0.6) is 5.75 Å². The van der Waals surface area contributed by atoms with E-state index in [1.165, 1.54) is 0 Å². The smallest absolute Gasteiger partial charge is 0.249 e. The number of methoxy groups -OCH3 is 1. The summed E-state index contributed by atoms with van der Waals surface area (Å²) >= 11 is 0. The molecule has 5 heteroatoms. The predicted octanol–water partition coefficient (Wildman–Crippen LogP) is 2.78. The van der Waals surface area contributed by atoms with Crippen molar-refractivity contribution in [3.05, 3.63) is 59.2 Å². The van der Waals surface area contributed by atoms with Crippen molar-refractivity contribution in [2.75, 3.05) is 18.6 Å². The number of rotatable bonds is 5. The summed E-state index contributed by atoms with van der Waals surface area (Å²) in [4.78, 5) is 26.8. The number of benzene rings is 2. The average molecular weight is 352 g/mol. The van der Waals surface area contributed by atoms with E-state index in [9.17, 15) is 9.59 Å². The van der Waals surface area contributed by atoms with Crippen LogP contribution in [-0.2, 0) is 16.0 Å². The molecule has 0 unspecified atom stereocenters. The first-order chi connectivity index (χ1) is 12.5. The number of nitrogens with zero attached hydrogens (tertiary/aromatic N) is 1. The summed E-state index contributed by atoms with van der Waals surface area (Å²) in [5.74, 6) is 0.515. The number of anilines is 1. The minimum absolute atomic E-state index is 0.0472. The second kappa shape index (κ2) is 7.60. The largest absolute Gasteiger partial charge is 0.497 e. The summed E-state index contributed by atoms with van der Waals surface area (Å²) in [5, 5.41) is 2.87. The van der Waals surface area contributed by atoms with Crippen LogP contribution in [0.1, 0.15) is 23.1 Å². The van der Waals surface area contributed by atoms with Crippen LogP contribution in [0.15, 0.2) is 42.5 Å². The molecular formula is C21H24N2O3. The molecular weight excluding hydrogens is 328 g/mol. The fraction of sp³-hybridized carbons (Fsp3) is 0.333. The molecule has 0 radical (unpaired) electrons. The summed E-state index contributed by atoms with van der Waals surface area (Å²) in [6.07, 6.45) is 0.847. The van der Waals surface area contributed by atoms with Crippen molar-refractivity contribution in [3.8, 4) is 5.75 Å². The van der Waals surface area contributed by atoms with Crippen molar-refractivity contribution in [3.63, 3.8) is 0 Å². The van der Waals surface area contributed by atoms with Crippen molar-refractivity contribution < 1.29 is 14.3 Å². The maximum atomic E-state index is 12.7. The van der Waals surface area contributed by atoms with E-state index in [0.29, 0.717) is 18.7 Å². The van der Waals surface area contributed by atoms with Gasteiger partial charge in [-0.05, 0) is 61.2 Å². The van der Waals surface area contributed by atoms with Crippen molar-refractivity contribution in [1.82, 2.24) is 5.32 Å². The number of hydrogen-bond acceptors (Lipinski definition) is 3. The summed E-state index contributed by atoms with van der Waals surface area (Å²) in [6.45, 7) is 4.65. The second-order valence-electron chi connectivity index (χ2n) is 6.77. The standard InChI is InChI=1S/C21H24N2O3/c1-14-9-15(2)11-17(10-14)23-8-7-19(21(23)25)22-20(24)13-16-5-4-6-18(12-16)26-3/h4-6,9-12,19H,7-8,13H2,1-3H3,(H,22,24)/t19-/m0/s1. The van der Waals surface area contributed by atoms with Crippen LogP contribution >= 0.6 is 0 Å². The Labute approximate surface area is 154 Å². The highest BCUT2D eigenvalue weighted by atomic mass is 16.5. The van der Waals surface area contributed by atoms with Gasteiger partial charge in [0.25, 0.3) is 0 Å². The lowest BCUT2D eigenvalue weighted by atomic mass is 10.1. The van der Waals surface area contributed by atoms with Crippen LogP contribution < -0.4 is 15.0 Å². The van der Waals surface area contributed by atoms with E-state index >= 15 is 0 Å². The highest BCUT2D eigenvalue weighted by Gasteiger charge is 2.33. The van der Waals surface area contributed by atoms with Gasteiger partial charge in [0.2, 0.25) is 11.8 Å². The van der Waals surface area contributed by atoms with Crippen molar-refractivity contribution in [2.24, 2.45) is 0 Å². The normalized spacial score (nSPS) is 16.7. The Morgan fingerprint density at radius 3 is 2.62 bits per heavy atom. The molecule has 0 bridgehead atoms. The van der Waals surface area contributed by atoms with E-state index in [0.717, 1.165) is 22.4 Å². The lowest BCUT2D eigenvalue weighted by Crippen LogP contribution is -2.42. The Bertz CT molecular complexity index is 812. The van der Waals surface area contributed by atoms with Gasteiger partial charge in [0, 0.05) is 12.2 Å². The quantitative estimate of drug-likeness (QED) is 0.900. The Hall–Kier alpha value is -2.82. The molecule has 1 aliphatic rings. The number of amides is 2. The fourth-order valence-electron chi connectivity index (χ4n) is 3.39. The van der Waals surface area contributed by atoms with Crippen LogP contribution in [0, 0.1) is 13.8 Å². The fourth-order valence-corrected chi connectivity index (χ4v) is 3.39. The van der Waals surface area contributed by atoms with Crippen LogP contribution in [0.2, 0.25) is 0 Å². The van der Waals surface area contributed by atoms with Crippen LogP contribution in [0.4, 0.5) is 5.69 Å². The minimum atomic E-state index is -0.464. The molecule has 2 amide bonds. The van der Waals surface area contributed by atoms with Crippen molar-refractivity contribution >= 4 is 17.5 Å². The van der Waals surface area contributed by atoms with Gasteiger partial charge in [0.15, 0.2) is 0 Å². The SMILES string of the molecule is COc1cccc(CC(=O)N[C@H]2CCN(c3cc(C)cc(C)c3)C2=O)c1. The summed E-state index contributed by atoms with van der Waals surface area (Å²) in [5.41, 5.74) is 4.01. The number of carbonyl (C=O) groups excluding carboxylic acids is 2. The van der Waals surface area contributed by atoms with Crippen molar-refractivity contribution in [1.29, 1.82) is 0 Å². The van der Waals surface area contributed by atoms with E-state index in [1.54, 1.807) is 12.0 Å². The zero-order chi connectivity index (χ0) is 18.7. The van der Waals surface area contributed by atoms with Gasteiger partial charge in [-0.2, -0.15) is 0 Å². The van der Waals surface area contributed by atoms with Gasteiger partial charge in [-0.1, -0.05) is 18.2 Å². The van der Waals surface area contributed by atoms with Crippen LogP contribution in [-0.4, -0.2) is 31.5 Å². The lowest BCUT2D eigenvalue weighted by molar-refractivity contribution is -0.126. The topological polar surface area (TPSA) is 58.6 Å². The lowest BCUT2D eigenvalue weighted by Gasteiger charge is -2.18. The van der Waals surface area contributed by atoms with E-state index in [1.807, 2.05) is 50.2 Å². The molecule has 136 valence electrons. The summed E-state index contributed by atoms with van der Waals surface area (Å²) in [7, 11) is 1.60. The Balaban J connectivity index is 1.63. The summed E-state index contributed by atoms with van der Waals surface area (Å²) < 4.78 is 5.18. The van der Waals surface area contributed by atoms with E-state index in [2.05, 4.69) is 11.4 Å². The molecule has 0 aliphatic carbocycles. The third kappa shape index (κ3) is 4.04. The zero-order valence-corrected chi connectivity index (χ0v) is 15.4. The van der Waals surface area contributed by atoms with Crippen LogP contribution in [0.25, 0.3) is 0 Å². The monoisotopic (exact) mass is 352 g/mol. The van der Waals surface area contributed by atoms with Gasteiger partial charge in [-0.15, -0.1) is 0 Å². The van der Waals surface area contributed by atoms with E-state index in [4.69, 9.17) is 4.74 Å². The molecule has 1 aliphatic heterocycles. The highest BCUT2D eigenvalue weighted by Crippen LogP contribution is 2.24. The molecule has 0 aromatic heterocycles. The molecule has 0 saturated carbocycles. The highest BCUT2D eigenvalue weighted by molar-refractivity contribution is 6.01. The van der Waals surface area contributed by atoms with Gasteiger partial charge >= 0.3 is 0 Å². The Morgan fingerprint density at radius 2 is 1.92 bits per heavy atom. The number of nitrogens with one attached hydrogen (secondary N) is 1. The number of ether oxygens (including phenoxy) is 1. The predicted molar refractivity (Wildman–Crippen MR) is 102 cm³/mol. The number of hydrogen-bond donors (Lipinski definition) is 1. The Kier molecular flexibility index (Phi) is 5.26. The second-order valence-corrected chi connectivity index (χ2v) is 6.77. The van der Waals surface area contributed by atoms with Gasteiger partial charge in [0.05, 0.1) is 13.5 Å². The molecule has 1 atom stereocenters. The molecule has 2 aromatic carbocycles. The average Bonchev–Trinajstić information content (AvgIpc) is 2.94. The van der Waals surface area contributed by atoms with Crippen molar-refractivity contribution in [2.45, 2.75) is 32.7 Å². The first kappa shape index (κ1) is 18.0. The van der Waals surface area contributed by atoms with Crippen LogP contribution in [0.3, 0.4) is 0 Å².